The van der Waals surface area contributed by atoms with Crippen molar-refractivity contribution in [2.75, 3.05) is 26.7 Å². The van der Waals surface area contributed by atoms with E-state index in [4.69, 9.17) is 5.73 Å². The van der Waals surface area contributed by atoms with Gasteiger partial charge in [-0.15, -0.1) is 0 Å². The van der Waals surface area contributed by atoms with E-state index in [0.717, 1.165) is 21.4 Å². The van der Waals surface area contributed by atoms with Crippen LogP contribution in [-0.2, 0) is 20.8 Å². The van der Waals surface area contributed by atoms with Gasteiger partial charge in [-0.1, -0.05) is 18.2 Å². The molecule has 2 atom stereocenters. The molecule has 1 aromatic heterocycles. The van der Waals surface area contributed by atoms with Gasteiger partial charge in [-0.25, -0.2) is 4.79 Å². The van der Waals surface area contributed by atoms with Crippen molar-refractivity contribution < 1.29 is 19.2 Å². The van der Waals surface area contributed by atoms with Crippen molar-refractivity contribution in [2.24, 2.45) is 5.73 Å². The number of likely N-dealkylation sites (N-methyl/N-ethyl adjacent to an activating group) is 1. The van der Waals surface area contributed by atoms with E-state index in [1.54, 1.807) is 18.7 Å². The zero-order chi connectivity index (χ0) is 23.2. The summed E-state index contributed by atoms with van der Waals surface area (Å²) in [5.74, 6) is -1.07. The van der Waals surface area contributed by atoms with E-state index < -0.39 is 23.5 Å². The van der Waals surface area contributed by atoms with Crippen LogP contribution in [0.1, 0.15) is 19.4 Å². The molecule has 2 saturated heterocycles. The van der Waals surface area contributed by atoms with Crippen molar-refractivity contribution in [1.29, 1.82) is 0 Å². The maximum Gasteiger partial charge on any atom is 0.327 e. The van der Waals surface area contributed by atoms with E-state index in [-0.39, 0.29) is 43.9 Å². The highest BCUT2D eigenvalue weighted by atomic mass is 16.2. The number of imide groups is 1. The molecule has 3 heterocycles. The van der Waals surface area contributed by atoms with Crippen LogP contribution >= 0.6 is 0 Å². The molecule has 4 rings (SSSR count). The fourth-order valence-electron chi connectivity index (χ4n) is 4.22. The molecular formula is C22H28N6O4. The summed E-state index contributed by atoms with van der Waals surface area (Å²) in [6.07, 6.45) is 2.10. The number of para-hydroxylation sites is 1. The number of fused-ring (bicyclic) bond motifs is 2. The Hall–Kier alpha value is -3.40. The number of carbonyl (C=O) groups is 4. The highest BCUT2D eigenvalue weighted by Crippen LogP contribution is 2.23. The molecule has 2 aromatic rings. The van der Waals surface area contributed by atoms with Crippen molar-refractivity contribution in [3.63, 3.8) is 0 Å². The molecule has 2 fully saturated rings. The molecule has 5 amide bonds. The lowest BCUT2D eigenvalue weighted by Gasteiger charge is -2.37. The SMILES string of the molecule is CN1C(=O)[C@@H]2CN(C(=O)[C@@H](Cc3c[nH]c4ccccc34)NC(=O)C(C)(C)N)CCN2C1=O. The van der Waals surface area contributed by atoms with E-state index in [2.05, 4.69) is 10.3 Å². The predicted molar refractivity (Wildman–Crippen MR) is 117 cm³/mol. The van der Waals surface area contributed by atoms with Crippen LogP contribution in [0.25, 0.3) is 10.9 Å². The standard InChI is InChI=1S/C22H28N6O4/c1-22(2,23)20(31)25-16(10-13-11-24-15-7-5-4-6-14(13)15)18(29)27-8-9-28-17(12-27)19(30)26(3)21(28)32/h4-7,11,16-17,24H,8-10,12,23H2,1-3H3,(H,25,31)/t16-,17+/m1/s1. The average Bonchev–Trinajstić information content (AvgIpc) is 3.26. The molecule has 0 spiro atoms. The molecule has 10 nitrogen and oxygen atoms in total. The molecular weight excluding hydrogens is 412 g/mol. The number of aromatic amines is 1. The second-order valence-corrected chi connectivity index (χ2v) is 8.98. The average molecular weight is 441 g/mol. The molecule has 32 heavy (non-hydrogen) atoms. The van der Waals surface area contributed by atoms with Crippen LogP contribution in [0, 0.1) is 0 Å². The first-order valence-corrected chi connectivity index (χ1v) is 10.6. The van der Waals surface area contributed by atoms with Gasteiger partial charge >= 0.3 is 6.03 Å². The van der Waals surface area contributed by atoms with Crippen LogP contribution in [0.15, 0.2) is 30.5 Å². The number of aromatic nitrogens is 1. The Bertz CT molecular complexity index is 1090. The first-order valence-electron chi connectivity index (χ1n) is 10.6. The van der Waals surface area contributed by atoms with Gasteiger partial charge in [0.05, 0.1) is 12.1 Å². The lowest BCUT2D eigenvalue weighted by molar-refractivity contribution is -0.140. The van der Waals surface area contributed by atoms with Gasteiger partial charge in [0.15, 0.2) is 0 Å². The van der Waals surface area contributed by atoms with E-state index in [1.165, 1.54) is 11.9 Å². The molecule has 0 aliphatic carbocycles. The third-order valence-corrected chi connectivity index (χ3v) is 6.13. The first kappa shape index (κ1) is 21.8. The number of carbonyl (C=O) groups excluding carboxylic acids is 4. The summed E-state index contributed by atoms with van der Waals surface area (Å²) in [6.45, 7) is 3.80. The van der Waals surface area contributed by atoms with Gasteiger partial charge in [0.25, 0.3) is 5.91 Å². The number of piperazine rings is 1. The van der Waals surface area contributed by atoms with E-state index in [1.807, 2.05) is 30.5 Å². The Labute approximate surface area is 185 Å². The summed E-state index contributed by atoms with van der Waals surface area (Å²) >= 11 is 0. The van der Waals surface area contributed by atoms with Gasteiger partial charge in [-0.2, -0.15) is 0 Å². The predicted octanol–water partition coefficient (Wildman–Crippen LogP) is 0.0373. The second kappa shape index (κ2) is 7.94. The molecule has 0 saturated carbocycles. The summed E-state index contributed by atoms with van der Waals surface area (Å²) < 4.78 is 0. The first-order chi connectivity index (χ1) is 15.1. The van der Waals surface area contributed by atoms with Gasteiger partial charge in [-0.05, 0) is 25.5 Å². The second-order valence-electron chi connectivity index (χ2n) is 8.98. The van der Waals surface area contributed by atoms with Crippen molar-refractivity contribution in [3.8, 4) is 0 Å². The molecule has 0 radical (unpaired) electrons. The molecule has 2 aliphatic rings. The number of hydrogen-bond donors (Lipinski definition) is 3. The lowest BCUT2D eigenvalue weighted by Crippen LogP contribution is -2.61. The van der Waals surface area contributed by atoms with Crippen molar-refractivity contribution in [3.05, 3.63) is 36.0 Å². The smallest absolute Gasteiger partial charge is 0.327 e. The van der Waals surface area contributed by atoms with E-state index in [0.29, 0.717) is 0 Å². The number of benzene rings is 1. The van der Waals surface area contributed by atoms with Crippen LogP contribution in [0.5, 0.6) is 0 Å². The van der Waals surface area contributed by atoms with Crippen molar-refractivity contribution in [1.82, 2.24) is 25.0 Å². The monoisotopic (exact) mass is 440 g/mol. The largest absolute Gasteiger partial charge is 0.361 e. The van der Waals surface area contributed by atoms with Gasteiger partial charge in [0.1, 0.15) is 12.1 Å². The Morgan fingerprint density at radius 3 is 2.69 bits per heavy atom. The van der Waals surface area contributed by atoms with E-state index in [9.17, 15) is 19.2 Å². The highest BCUT2D eigenvalue weighted by molar-refractivity contribution is 6.04. The van der Waals surface area contributed by atoms with E-state index >= 15 is 0 Å². The Balaban J connectivity index is 1.58. The molecule has 170 valence electrons. The Kier molecular flexibility index (Phi) is 5.41. The van der Waals surface area contributed by atoms with Crippen LogP contribution in [0.4, 0.5) is 4.79 Å². The summed E-state index contributed by atoms with van der Waals surface area (Å²) in [4.78, 5) is 58.1. The van der Waals surface area contributed by atoms with Crippen LogP contribution in [0.2, 0.25) is 0 Å². The zero-order valence-corrected chi connectivity index (χ0v) is 18.4. The number of rotatable bonds is 5. The summed E-state index contributed by atoms with van der Waals surface area (Å²) in [5.41, 5.74) is 6.62. The maximum atomic E-state index is 13.5. The zero-order valence-electron chi connectivity index (χ0n) is 18.4. The van der Waals surface area contributed by atoms with Crippen LogP contribution < -0.4 is 11.1 Å². The fraction of sp³-hybridized carbons (Fsp3) is 0.455. The number of urea groups is 1. The minimum absolute atomic E-state index is 0.0972. The summed E-state index contributed by atoms with van der Waals surface area (Å²) in [7, 11) is 1.44. The normalized spacial score (nSPS) is 20.0. The molecule has 4 N–H and O–H groups in total. The third-order valence-electron chi connectivity index (χ3n) is 6.13. The number of nitrogens with zero attached hydrogens (tertiary/aromatic N) is 3. The number of nitrogens with two attached hydrogens (primary N) is 1. The highest BCUT2D eigenvalue weighted by Gasteiger charge is 2.47. The van der Waals surface area contributed by atoms with Crippen molar-refractivity contribution in [2.45, 2.75) is 37.9 Å². The summed E-state index contributed by atoms with van der Waals surface area (Å²) in [6, 6.07) is 5.82. The fourth-order valence-corrected chi connectivity index (χ4v) is 4.22. The number of nitrogens with one attached hydrogen (secondary N) is 2. The molecule has 1 aromatic carbocycles. The van der Waals surface area contributed by atoms with Crippen LogP contribution in [-0.4, -0.2) is 87.7 Å². The van der Waals surface area contributed by atoms with Crippen molar-refractivity contribution >= 4 is 34.7 Å². The van der Waals surface area contributed by atoms with Gasteiger partial charge in [0.2, 0.25) is 11.8 Å². The third kappa shape index (κ3) is 3.81. The maximum absolute atomic E-state index is 13.5. The molecule has 2 aliphatic heterocycles. The Morgan fingerprint density at radius 2 is 1.97 bits per heavy atom. The quantitative estimate of drug-likeness (QED) is 0.565. The van der Waals surface area contributed by atoms with Gasteiger partial charge < -0.3 is 25.8 Å². The molecule has 10 heteroatoms. The minimum Gasteiger partial charge on any atom is -0.361 e. The van der Waals surface area contributed by atoms with Gasteiger partial charge in [-0.3, -0.25) is 19.3 Å². The number of amides is 5. The minimum atomic E-state index is -1.16. The number of hydrogen-bond acceptors (Lipinski definition) is 5. The molecule has 0 unspecified atom stereocenters. The molecule has 0 bridgehead atoms. The topological polar surface area (TPSA) is 132 Å². The lowest BCUT2D eigenvalue weighted by atomic mass is 10.0. The summed E-state index contributed by atoms with van der Waals surface area (Å²) in [5, 5.41) is 3.77. The van der Waals surface area contributed by atoms with Gasteiger partial charge in [0, 0.05) is 43.7 Å². The number of H-pyrrole nitrogens is 1. The van der Waals surface area contributed by atoms with Crippen LogP contribution in [0.3, 0.4) is 0 Å². The Morgan fingerprint density at radius 1 is 1.25 bits per heavy atom.